The Morgan fingerprint density at radius 3 is 2.19 bits per heavy atom. The summed E-state index contributed by atoms with van der Waals surface area (Å²) in [5.74, 6) is 0.847. The highest BCUT2D eigenvalue weighted by Crippen LogP contribution is 2.35. The fourth-order valence-corrected chi connectivity index (χ4v) is 2.34. The predicted molar refractivity (Wildman–Crippen MR) is 88.1 cm³/mol. The summed E-state index contributed by atoms with van der Waals surface area (Å²) in [6.07, 6.45) is 1.83. The van der Waals surface area contributed by atoms with Gasteiger partial charge in [-0.2, -0.15) is 5.10 Å². The van der Waals surface area contributed by atoms with Crippen molar-refractivity contribution in [1.82, 2.24) is 10.2 Å². The predicted octanol–water partition coefficient (Wildman–Crippen LogP) is 4.34. The van der Waals surface area contributed by atoms with Crippen LogP contribution in [0.25, 0.3) is 22.4 Å². The monoisotopic (exact) mass is 275 g/mol. The molecule has 0 spiro atoms. The number of hydrogen-bond acceptors (Lipinski definition) is 2. The zero-order valence-corrected chi connectivity index (χ0v) is 11.7. The molecule has 3 heteroatoms. The quantitative estimate of drug-likeness (QED) is 0.680. The Labute approximate surface area is 124 Å². The summed E-state index contributed by atoms with van der Waals surface area (Å²) >= 11 is 0. The van der Waals surface area contributed by atoms with Crippen LogP contribution in [0.4, 0.5) is 5.82 Å². The van der Waals surface area contributed by atoms with Crippen LogP contribution in [0.15, 0.2) is 73.3 Å². The van der Waals surface area contributed by atoms with E-state index in [4.69, 9.17) is 0 Å². The van der Waals surface area contributed by atoms with E-state index in [1.54, 1.807) is 0 Å². The number of aromatic nitrogens is 2. The van der Waals surface area contributed by atoms with Gasteiger partial charge in [-0.15, -0.1) is 6.58 Å². The molecule has 0 atom stereocenters. The Morgan fingerprint density at radius 2 is 1.57 bits per heavy atom. The molecule has 2 N–H and O–H groups in total. The van der Waals surface area contributed by atoms with Gasteiger partial charge in [-0.1, -0.05) is 66.7 Å². The molecule has 0 aliphatic rings. The molecule has 0 saturated heterocycles. The van der Waals surface area contributed by atoms with Gasteiger partial charge >= 0.3 is 0 Å². The number of rotatable bonds is 5. The van der Waals surface area contributed by atoms with Gasteiger partial charge in [0, 0.05) is 12.1 Å². The van der Waals surface area contributed by atoms with E-state index in [9.17, 15) is 0 Å². The van der Waals surface area contributed by atoms with Crippen LogP contribution in [0.2, 0.25) is 0 Å². The molecule has 0 fully saturated rings. The van der Waals surface area contributed by atoms with Crippen molar-refractivity contribution in [2.45, 2.75) is 0 Å². The Balaban J connectivity index is 2.13. The van der Waals surface area contributed by atoms with E-state index in [2.05, 4.69) is 46.4 Å². The van der Waals surface area contributed by atoms with Gasteiger partial charge in [0.1, 0.15) is 0 Å². The Hall–Kier alpha value is -2.81. The molecule has 0 aliphatic carbocycles. The van der Waals surface area contributed by atoms with Crippen LogP contribution < -0.4 is 5.32 Å². The molecular weight excluding hydrogens is 258 g/mol. The molecule has 21 heavy (non-hydrogen) atoms. The summed E-state index contributed by atoms with van der Waals surface area (Å²) in [5, 5.41) is 10.9. The Morgan fingerprint density at radius 1 is 0.952 bits per heavy atom. The number of aromatic amines is 1. The average molecular weight is 275 g/mol. The second-order valence-corrected chi connectivity index (χ2v) is 4.72. The van der Waals surface area contributed by atoms with E-state index in [1.807, 2.05) is 42.5 Å². The van der Waals surface area contributed by atoms with Crippen LogP contribution in [0.3, 0.4) is 0 Å². The Kier molecular flexibility index (Phi) is 3.83. The Bertz CT molecular complexity index is 715. The number of hydrogen-bond donors (Lipinski definition) is 2. The molecule has 0 unspecified atom stereocenters. The topological polar surface area (TPSA) is 40.7 Å². The van der Waals surface area contributed by atoms with Gasteiger partial charge in [0.2, 0.25) is 0 Å². The number of nitrogens with zero attached hydrogens (tertiary/aromatic N) is 1. The van der Waals surface area contributed by atoms with Crippen molar-refractivity contribution in [2.24, 2.45) is 0 Å². The second kappa shape index (κ2) is 6.09. The van der Waals surface area contributed by atoms with Crippen molar-refractivity contribution < 1.29 is 0 Å². The highest BCUT2D eigenvalue weighted by molar-refractivity contribution is 5.88. The molecule has 0 saturated carbocycles. The van der Waals surface area contributed by atoms with Crippen molar-refractivity contribution in [2.75, 3.05) is 11.9 Å². The van der Waals surface area contributed by atoms with Crippen molar-refractivity contribution in [3.05, 3.63) is 73.3 Å². The van der Waals surface area contributed by atoms with E-state index in [0.717, 1.165) is 28.2 Å². The highest BCUT2D eigenvalue weighted by Gasteiger charge is 2.15. The first-order chi connectivity index (χ1) is 10.4. The molecule has 0 bridgehead atoms. The van der Waals surface area contributed by atoms with E-state index in [0.29, 0.717) is 6.54 Å². The SMILES string of the molecule is C=CCNc1n[nH]c(-c2ccccc2)c1-c1ccccc1. The van der Waals surface area contributed by atoms with Crippen LogP contribution in [-0.2, 0) is 0 Å². The minimum absolute atomic E-state index is 0.679. The third kappa shape index (κ3) is 2.72. The highest BCUT2D eigenvalue weighted by atomic mass is 15.2. The average Bonchev–Trinajstić information content (AvgIpc) is 2.98. The number of H-pyrrole nitrogens is 1. The molecule has 0 radical (unpaired) electrons. The van der Waals surface area contributed by atoms with Crippen LogP contribution >= 0.6 is 0 Å². The molecule has 1 aromatic heterocycles. The van der Waals surface area contributed by atoms with E-state index in [1.165, 1.54) is 0 Å². The third-order valence-corrected chi connectivity index (χ3v) is 3.31. The standard InChI is InChI=1S/C18H17N3/c1-2-13-19-18-16(14-9-5-3-6-10-14)17(20-21-18)15-11-7-4-8-12-15/h2-12H,1,13H2,(H2,19,20,21). The van der Waals surface area contributed by atoms with Gasteiger partial charge in [0.15, 0.2) is 5.82 Å². The zero-order valence-electron chi connectivity index (χ0n) is 11.7. The number of benzene rings is 2. The summed E-state index contributed by atoms with van der Waals surface area (Å²) in [6, 6.07) is 20.5. The summed E-state index contributed by atoms with van der Waals surface area (Å²) in [7, 11) is 0. The lowest BCUT2D eigenvalue weighted by Crippen LogP contribution is -1.99. The maximum atomic E-state index is 4.42. The lowest BCUT2D eigenvalue weighted by Gasteiger charge is -2.07. The van der Waals surface area contributed by atoms with Crippen LogP contribution in [0.1, 0.15) is 0 Å². The first kappa shape index (κ1) is 13.2. The van der Waals surface area contributed by atoms with Gasteiger partial charge in [-0.05, 0) is 5.56 Å². The van der Waals surface area contributed by atoms with Crippen molar-refractivity contribution >= 4 is 5.82 Å². The van der Waals surface area contributed by atoms with Gasteiger partial charge in [-0.25, -0.2) is 0 Å². The first-order valence-electron chi connectivity index (χ1n) is 6.94. The summed E-state index contributed by atoms with van der Waals surface area (Å²) in [6.45, 7) is 4.42. The van der Waals surface area contributed by atoms with Crippen molar-refractivity contribution in [1.29, 1.82) is 0 Å². The molecule has 3 nitrogen and oxygen atoms in total. The molecule has 3 rings (SSSR count). The van der Waals surface area contributed by atoms with Crippen LogP contribution in [-0.4, -0.2) is 16.7 Å². The molecule has 3 aromatic rings. The second-order valence-electron chi connectivity index (χ2n) is 4.72. The lowest BCUT2D eigenvalue weighted by atomic mass is 10.0. The fourth-order valence-electron chi connectivity index (χ4n) is 2.34. The van der Waals surface area contributed by atoms with Crippen molar-refractivity contribution in [3.8, 4) is 22.4 Å². The fraction of sp³-hybridized carbons (Fsp3) is 0.0556. The number of anilines is 1. The zero-order chi connectivity index (χ0) is 14.5. The molecule has 0 amide bonds. The van der Waals surface area contributed by atoms with Crippen LogP contribution in [0, 0.1) is 0 Å². The maximum absolute atomic E-state index is 4.42. The van der Waals surface area contributed by atoms with Gasteiger partial charge < -0.3 is 5.32 Å². The normalized spacial score (nSPS) is 10.3. The van der Waals surface area contributed by atoms with Crippen LogP contribution in [0.5, 0.6) is 0 Å². The molecule has 104 valence electrons. The molecular formula is C18H17N3. The minimum Gasteiger partial charge on any atom is -0.365 e. The summed E-state index contributed by atoms with van der Waals surface area (Å²) in [5.41, 5.74) is 4.36. The molecule has 1 heterocycles. The van der Waals surface area contributed by atoms with Gasteiger partial charge in [0.25, 0.3) is 0 Å². The van der Waals surface area contributed by atoms with Gasteiger partial charge in [0.05, 0.1) is 11.3 Å². The molecule has 0 aliphatic heterocycles. The first-order valence-corrected chi connectivity index (χ1v) is 6.94. The third-order valence-electron chi connectivity index (χ3n) is 3.31. The van der Waals surface area contributed by atoms with E-state index < -0.39 is 0 Å². The van der Waals surface area contributed by atoms with Crippen molar-refractivity contribution in [3.63, 3.8) is 0 Å². The maximum Gasteiger partial charge on any atom is 0.156 e. The van der Waals surface area contributed by atoms with Gasteiger partial charge in [-0.3, -0.25) is 5.10 Å². The van der Waals surface area contributed by atoms with E-state index >= 15 is 0 Å². The summed E-state index contributed by atoms with van der Waals surface area (Å²) in [4.78, 5) is 0. The molecule has 2 aromatic carbocycles. The largest absolute Gasteiger partial charge is 0.365 e. The summed E-state index contributed by atoms with van der Waals surface area (Å²) < 4.78 is 0. The van der Waals surface area contributed by atoms with E-state index in [-0.39, 0.29) is 0 Å². The number of nitrogens with one attached hydrogen (secondary N) is 2. The lowest BCUT2D eigenvalue weighted by molar-refractivity contribution is 1.08. The minimum atomic E-state index is 0.679. The smallest absolute Gasteiger partial charge is 0.156 e.